The summed E-state index contributed by atoms with van der Waals surface area (Å²) in [7, 11) is 0. The Labute approximate surface area is 154 Å². The van der Waals surface area contributed by atoms with Crippen LogP contribution in [0, 0.1) is 22.2 Å². The monoisotopic (exact) mass is 380 g/mol. The highest BCUT2D eigenvalue weighted by Gasteiger charge is 2.48. The van der Waals surface area contributed by atoms with Crippen LogP contribution in [0.15, 0.2) is 23.9 Å². The van der Waals surface area contributed by atoms with E-state index in [-0.39, 0.29) is 23.8 Å². The third-order valence-electron chi connectivity index (χ3n) is 5.19. The third kappa shape index (κ3) is 3.61. The molecule has 3 rings (SSSR count). The van der Waals surface area contributed by atoms with E-state index in [1.807, 2.05) is 6.07 Å². The van der Waals surface area contributed by atoms with E-state index < -0.39 is 22.7 Å². The first-order chi connectivity index (χ1) is 12.5. The fourth-order valence-corrected chi connectivity index (χ4v) is 4.04. The second-order valence-electron chi connectivity index (χ2n) is 7.88. The fourth-order valence-electron chi connectivity index (χ4n) is 4.04. The lowest BCUT2D eigenvalue weighted by Gasteiger charge is -2.38. The Kier molecular flexibility index (Phi) is 4.41. The number of nitriles is 1. The average Bonchev–Trinajstić information content (AvgIpc) is 3.18. The first kappa shape index (κ1) is 19.1. The molecule has 1 aromatic rings. The Morgan fingerprint density at radius 3 is 2.70 bits per heavy atom. The number of ketones is 1. The Hall–Kier alpha value is -2.63. The van der Waals surface area contributed by atoms with Gasteiger partial charge in [0.2, 0.25) is 5.91 Å². The van der Waals surface area contributed by atoms with Crippen LogP contribution in [0.25, 0.3) is 0 Å². The first-order valence-corrected chi connectivity index (χ1v) is 8.52. The molecule has 1 aliphatic heterocycles. The number of alkyl halides is 3. The van der Waals surface area contributed by atoms with Gasteiger partial charge in [0.1, 0.15) is 12.6 Å². The standard InChI is InChI=1S/C18H19F3N4O2/c1-16(2)10-17(7-12(8-22)15(16)27)4-6-24(11-17)14(26)9-25-5-3-13(23-25)18(19,20)21/h3,5,7H,4,6,9-11H2,1-2H3/t17-/m1/s1. The average molecular weight is 380 g/mol. The summed E-state index contributed by atoms with van der Waals surface area (Å²) in [4.78, 5) is 26.4. The molecule has 1 saturated heterocycles. The smallest absolute Gasteiger partial charge is 0.340 e. The van der Waals surface area contributed by atoms with Crippen LogP contribution in [0.3, 0.4) is 0 Å². The topological polar surface area (TPSA) is 79.0 Å². The molecule has 1 aromatic heterocycles. The van der Waals surface area contributed by atoms with Crippen LogP contribution >= 0.6 is 0 Å². The largest absolute Gasteiger partial charge is 0.435 e. The van der Waals surface area contributed by atoms with Gasteiger partial charge in [-0.1, -0.05) is 19.9 Å². The van der Waals surface area contributed by atoms with E-state index in [4.69, 9.17) is 0 Å². The van der Waals surface area contributed by atoms with Crippen LogP contribution in [-0.2, 0) is 22.3 Å². The molecule has 27 heavy (non-hydrogen) atoms. The molecule has 144 valence electrons. The van der Waals surface area contributed by atoms with Crippen LogP contribution in [0.1, 0.15) is 32.4 Å². The number of carbonyl (C=O) groups excluding carboxylic acids is 2. The predicted molar refractivity (Wildman–Crippen MR) is 88.0 cm³/mol. The van der Waals surface area contributed by atoms with Gasteiger partial charge in [-0.05, 0) is 18.9 Å². The number of allylic oxidation sites excluding steroid dienone is 1. The van der Waals surface area contributed by atoms with E-state index >= 15 is 0 Å². The number of hydrogen-bond acceptors (Lipinski definition) is 4. The van der Waals surface area contributed by atoms with E-state index in [1.54, 1.807) is 24.8 Å². The number of likely N-dealkylation sites (tertiary alicyclic amines) is 1. The number of Topliss-reactive ketones (excluding diaryl/α,β-unsaturated/α-hetero) is 1. The third-order valence-corrected chi connectivity index (χ3v) is 5.19. The van der Waals surface area contributed by atoms with Crippen molar-refractivity contribution < 1.29 is 22.8 Å². The normalized spacial score (nSPS) is 24.8. The fraction of sp³-hybridized carbons (Fsp3) is 0.556. The van der Waals surface area contributed by atoms with Gasteiger partial charge < -0.3 is 4.90 Å². The van der Waals surface area contributed by atoms with E-state index in [9.17, 15) is 28.0 Å². The lowest BCUT2D eigenvalue weighted by atomic mass is 9.64. The van der Waals surface area contributed by atoms with E-state index in [1.165, 1.54) is 0 Å². The summed E-state index contributed by atoms with van der Waals surface area (Å²) in [6, 6.07) is 2.78. The second kappa shape index (κ2) is 6.22. The number of carbonyl (C=O) groups is 2. The Morgan fingerprint density at radius 2 is 2.11 bits per heavy atom. The quantitative estimate of drug-likeness (QED) is 0.790. The zero-order valence-electron chi connectivity index (χ0n) is 15.0. The van der Waals surface area contributed by atoms with Gasteiger partial charge in [-0.3, -0.25) is 14.3 Å². The maximum absolute atomic E-state index is 12.6. The van der Waals surface area contributed by atoms with Gasteiger partial charge in [0.25, 0.3) is 0 Å². The summed E-state index contributed by atoms with van der Waals surface area (Å²) in [6.07, 6.45) is -0.627. The molecule has 0 unspecified atom stereocenters. The second-order valence-corrected chi connectivity index (χ2v) is 7.88. The molecule has 0 bridgehead atoms. The minimum Gasteiger partial charge on any atom is -0.340 e. The van der Waals surface area contributed by atoms with Gasteiger partial charge in [0.15, 0.2) is 11.5 Å². The summed E-state index contributed by atoms with van der Waals surface area (Å²) in [5.74, 6) is -0.540. The zero-order chi connectivity index (χ0) is 20.0. The van der Waals surface area contributed by atoms with Crippen molar-refractivity contribution in [2.24, 2.45) is 10.8 Å². The van der Waals surface area contributed by atoms with Gasteiger partial charge in [-0.25, -0.2) is 0 Å². The van der Waals surface area contributed by atoms with Gasteiger partial charge >= 0.3 is 6.18 Å². The maximum Gasteiger partial charge on any atom is 0.435 e. The maximum atomic E-state index is 12.6. The van der Waals surface area contributed by atoms with Crippen molar-refractivity contribution in [1.82, 2.24) is 14.7 Å². The number of halogens is 3. The van der Waals surface area contributed by atoms with Gasteiger partial charge in [-0.2, -0.15) is 23.5 Å². The zero-order valence-corrected chi connectivity index (χ0v) is 15.0. The molecule has 2 aliphatic rings. The summed E-state index contributed by atoms with van der Waals surface area (Å²) in [5.41, 5.74) is -2.08. The van der Waals surface area contributed by atoms with Crippen LogP contribution in [0.5, 0.6) is 0 Å². The molecule has 0 N–H and O–H groups in total. The predicted octanol–water partition coefficient (Wildman–Crippen LogP) is 2.57. The van der Waals surface area contributed by atoms with Crippen molar-refractivity contribution in [2.45, 2.75) is 39.4 Å². The lowest BCUT2D eigenvalue weighted by Crippen LogP contribution is -2.41. The van der Waals surface area contributed by atoms with Crippen molar-refractivity contribution in [3.63, 3.8) is 0 Å². The van der Waals surface area contributed by atoms with Crippen molar-refractivity contribution in [2.75, 3.05) is 13.1 Å². The molecule has 1 fully saturated rings. The molecule has 0 radical (unpaired) electrons. The number of amides is 1. The van der Waals surface area contributed by atoms with Crippen molar-refractivity contribution >= 4 is 11.7 Å². The minimum absolute atomic E-state index is 0.113. The molecule has 9 heteroatoms. The van der Waals surface area contributed by atoms with Gasteiger partial charge in [0, 0.05) is 30.1 Å². The molecule has 2 heterocycles. The molecule has 1 aliphatic carbocycles. The van der Waals surface area contributed by atoms with Crippen LogP contribution in [0.2, 0.25) is 0 Å². The number of rotatable bonds is 2. The van der Waals surface area contributed by atoms with E-state index in [2.05, 4.69) is 5.10 Å². The lowest BCUT2D eigenvalue weighted by molar-refractivity contribution is -0.142. The van der Waals surface area contributed by atoms with E-state index in [0.717, 1.165) is 16.9 Å². The molecule has 6 nitrogen and oxygen atoms in total. The highest BCUT2D eigenvalue weighted by Crippen LogP contribution is 2.47. The Morgan fingerprint density at radius 1 is 1.41 bits per heavy atom. The van der Waals surface area contributed by atoms with Crippen LogP contribution < -0.4 is 0 Å². The van der Waals surface area contributed by atoms with Crippen molar-refractivity contribution in [1.29, 1.82) is 5.26 Å². The number of hydrogen-bond donors (Lipinski definition) is 0. The van der Waals surface area contributed by atoms with Crippen molar-refractivity contribution in [3.05, 3.63) is 29.6 Å². The molecule has 1 atom stereocenters. The summed E-state index contributed by atoms with van der Waals surface area (Å²) >= 11 is 0. The van der Waals surface area contributed by atoms with Gasteiger partial charge in [-0.15, -0.1) is 0 Å². The summed E-state index contributed by atoms with van der Waals surface area (Å²) in [5, 5.41) is 12.7. The molecule has 1 amide bonds. The first-order valence-electron chi connectivity index (χ1n) is 8.52. The Bertz CT molecular complexity index is 863. The molecule has 0 saturated carbocycles. The summed E-state index contributed by atoms with van der Waals surface area (Å²) < 4.78 is 38.8. The highest BCUT2D eigenvalue weighted by molar-refractivity contribution is 6.03. The molecule has 0 aromatic carbocycles. The van der Waals surface area contributed by atoms with E-state index in [0.29, 0.717) is 25.9 Å². The van der Waals surface area contributed by atoms with Crippen LogP contribution in [-0.4, -0.2) is 39.5 Å². The summed E-state index contributed by atoms with van der Waals surface area (Å²) in [6.45, 7) is 4.04. The minimum atomic E-state index is -4.55. The Balaban J connectivity index is 1.73. The molecule has 1 spiro atoms. The molecular weight excluding hydrogens is 361 g/mol. The highest BCUT2D eigenvalue weighted by atomic mass is 19.4. The van der Waals surface area contributed by atoms with Crippen molar-refractivity contribution in [3.8, 4) is 6.07 Å². The molecular formula is C18H19F3N4O2. The van der Waals surface area contributed by atoms with Gasteiger partial charge in [0.05, 0.1) is 5.57 Å². The SMILES string of the molecule is CC1(C)C[C@]2(C=C(C#N)C1=O)CCN(C(=O)Cn1ccc(C(F)(F)F)n1)C2. The number of nitrogens with zero attached hydrogens (tertiary/aromatic N) is 4. The van der Waals surface area contributed by atoms with Crippen LogP contribution in [0.4, 0.5) is 13.2 Å². The number of aromatic nitrogens is 2.